The first-order chi connectivity index (χ1) is 11.6. The van der Waals surface area contributed by atoms with Gasteiger partial charge in [-0.25, -0.2) is 0 Å². The fourth-order valence-electron chi connectivity index (χ4n) is 3.15. The molecule has 7 heteroatoms. The van der Waals surface area contributed by atoms with Crippen molar-refractivity contribution in [1.29, 1.82) is 0 Å². The van der Waals surface area contributed by atoms with Gasteiger partial charge in [0.2, 0.25) is 11.8 Å². The van der Waals surface area contributed by atoms with Crippen LogP contribution in [-0.4, -0.2) is 45.9 Å². The number of amides is 2. The van der Waals surface area contributed by atoms with Gasteiger partial charge in [-0.3, -0.25) is 9.59 Å². The summed E-state index contributed by atoms with van der Waals surface area (Å²) in [6, 6.07) is 7.26. The monoisotopic (exact) mass is 363 g/mol. The first kappa shape index (κ1) is 17.2. The summed E-state index contributed by atoms with van der Waals surface area (Å²) >= 11 is 6.86. The molecule has 3 rings (SSSR count). The van der Waals surface area contributed by atoms with Crippen LogP contribution < -0.4 is 10.2 Å². The topological polar surface area (TPSA) is 52.7 Å². The van der Waals surface area contributed by atoms with Crippen LogP contribution in [0, 0.1) is 0 Å². The summed E-state index contributed by atoms with van der Waals surface area (Å²) in [7, 11) is 0. The predicted octanol–water partition coefficient (Wildman–Crippen LogP) is 2.86. The third-order valence-corrected chi connectivity index (χ3v) is 5.82. The lowest BCUT2D eigenvalue weighted by molar-refractivity contribution is -0.117. The molecule has 128 valence electrons. The number of benzene rings is 1. The first-order valence-corrected chi connectivity index (χ1v) is 9.58. The second-order valence-corrected chi connectivity index (χ2v) is 7.74. The molecule has 0 bridgehead atoms. The molecule has 1 aromatic carbocycles. The largest absolute Gasteiger partial charge is 0.358 e. The van der Waals surface area contributed by atoms with E-state index < -0.39 is 0 Å². The maximum atomic E-state index is 12.8. The summed E-state index contributed by atoms with van der Waals surface area (Å²) in [5.74, 6) is 0.214. The summed E-state index contributed by atoms with van der Waals surface area (Å²) in [6.07, 6.45) is 2.62. The molecule has 1 fully saturated rings. The normalized spacial score (nSPS) is 20.4. The predicted molar refractivity (Wildman–Crippen MR) is 102 cm³/mol. The Kier molecular flexibility index (Phi) is 5.40. The molecule has 2 aliphatic heterocycles. The van der Waals surface area contributed by atoms with Gasteiger partial charge in [-0.15, -0.1) is 0 Å². The van der Waals surface area contributed by atoms with Gasteiger partial charge in [0.05, 0.1) is 17.1 Å². The highest BCUT2D eigenvalue weighted by molar-refractivity contribution is 8.23. The minimum Gasteiger partial charge on any atom is -0.358 e. The number of likely N-dealkylation sites (tertiary alicyclic amines) is 1. The van der Waals surface area contributed by atoms with Crippen molar-refractivity contribution in [2.75, 3.05) is 29.1 Å². The van der Waals surface area contributed by atoms with Crippen molar-refractivity contribution >= 4 is 51.5 Å². The number of thiocarbonyl (C=S) groups is 1. The van der Waals surface area contributed by atoms with Gasteiger partial charge in [-0.2, -0.15) is 0 Å². The van der Waals surface area contributed by atoms with Crippen LogP contribution in [0.15, 0.2) is 24.3 Å². The summed E-state index contributed by atoms with van der Waals surface area (Å²) in [5.41, 5.74) is 1.45. The Hall–Kier alpha value is -1.60. The van der Waals surface area contributed by atoms with E-state index in [2.05, 4.69) is 10.2 Å². The molecule has 1 atom stereocenters. The summed E-state index contributed by atoms with van der Waals surface area (Å²) < 4.78 is 0.797. The van der Waals surface area contributed by atoms with Crippen LogP contribution in [0.1, 0.15) is 26.2 Å². The van der Waals surface area contributed by atoms with E-state index in [0.717, 1.165) is 23.1 Å². The van der Waals surface area contributed by atoms with Crippen molar-refractivity contribution in [1.82, 2.24) is 4.90 Å². The standard InChI is InChI=1S/C17H21N3O2S2/c1-12-10-15(21)18-13-6-2-3-7-14(13)20(12)16(22)11-24-17(23)19-8-4-5-9-19/h2-3,6-7,12H,4-5,8-11H2,1H3,(H,18,21)/t12-/m1/s1. The molecule has 1 aromatic rings. The van der Waals surface area contributed by atoms with E-state index >= 15 is 0 Å². The van der Waals surface area contributed by atoms with Crippen LogP contribution in [-0.2, 0) is 9.59 Å². The van der Waals surface area contributed by atoms with E-state index in [1.54, 1.807) is 4.90 Å². The second kappa shape index (κ2) is 7.53. The van der Waals surface area contributed by atoms with Gasteiger partial charge < -0.3 is 15.1 Å². The highest BCUT2D eigenvalue weighted by Crippen LogP contribution is 2.32. The van der Waals surface area contributed by atoms with Gasteiger partial charge in [0.1, 0.15) is 4.32 Å². The third kappa shape index (κ3) is 3.72. The van der Waals surface area contributed by atoms with Crippen molar-refractivity contribution in [2.24, 2.45) is 0 Å². The minimum absolute atomic E-state index is 0.0157. The summed E-state index contributed by atoms with van der Waals surface area (Å²) in [4.78, 5) is 28.7. The Morgan fingerprint density at radius 2 is 2.04 bits per heavy atom. The molecule has 0 spiro atoms. The highest BCUT2D eigenvalue weighted by atomic mass is 32.2. The van der Waals surface area contributed by atoms with E-state index in [1.165, 1.54) is 24.6 Å². The molecule has 0 aromatic heterocycles. The molecular formula is C17H21N3O2S2. The lowest BCUT2D eigenvalue weighted by Crippen LogP contribution is -2.40. The van der Waals surface area contributed by atoms with Crippen LogP contribution in [0.3, 0.4) is 0 Å². The average molecular weight is 364 g/mol. The van der Waals surface area contributed by atoms with E-state index in [0.29, 0.717) is 17.9 Å². The van der Waals surface area contributed by atoms with Crippen molar-refractivity contribution < 1.29 is 9.59 Å². The molecular weight excluding hydrogens is 342 g/mol. The molecule has 2 aliphatic rings. The van der Waals surface area contributed by atoms with Crippen LogP contribution >= 0.6 is 24.0 Å². The fraction of sp³-hybridized carbons (Fsp3) is 0.471. The van der Waals surface area contributed by atoms with E-state index in [-0.39, 0.29) is 17.9 Å². The molecule has 1 saturated heterocycles. The Labute approximate surface area is 151 Å². The van der Waals surface area contributed by atoms with Gasteiger partial charge in [-0.05, 0) is 31.9 Å². The van der Waals surface area contributed by atoms with Crippen LogP contribution in [0.5, 0.6) is 0 Å². The zero-order valence-electron chi connectivity index (χ0n) is 13.7. The Morgan fingerprint density at radius 3 is 2.79 bits per heavy atom. The van der Waals surface area contributed by atoms with Gasteiger partial charge in [0, 0.05) is 25.6 Å². The number of nitrogens with zero attached hydrogens (tertiary/aromatic N) is 2. The number of rotatable bonds is 2. The molecule has 1 N–H and O–H groups in total. The van der Waals surface area contributed by atoms with Gasteiger partial charge in [0.15, 0.2) is 0 Å². The van der Waals surface area contributed by atoms with Crippen LogP contribution in [0.2, 0.25) is 0 Å². The van der Waals surface area contributed by atoms with Crippen LogP contribution in [0.25, 0.3) is 0 Å². The Balaban J connectivity index is 1.72. The molecule has 24 heavy (non-hydrogen) atoms. The number of carbonyl (C=O) groups is 2. The molecule has 5 nitrogen and oxygen atoms in total. The number of para-hydroxylation sites is 2. The minimum atomic E-state index is -0.179. The maximum Gasteiger partial charge on any atom is 0.237 e. The third-order valence-electron chi connectivity index (χ3n) is 4.31. The number of nitrogens with one attached hydrogen (secondary N) is 1. The molecule has 2 heterocycles. The number of hydrogen-bond acceptors (Lipinski definition) is 4. The summed E-state index contributed by atoms with van der Waals surface area (Å²) in [5, 5.41) is 2.87. The highest BCUT2D eigenvalue weighted by Gasteiger charge is 2.29. The molecule has 0 aliphatic carbocycles. The Morgan fingerprint density at radius 1 is 1.33 bits per heavy atom. The zero-order valence-corrected chi connectivity index (χ0v) is 15.3. The number of hydrogen-bond donors (Lipinski definition) is 1. The van der Waals surface area contributed by atoms with Gasteiger partial charge >= 0.3 is 0 Å². The summed E-state index contributed by atoms with van der Waals surface area (Å²) in [6.45, 7) is 3.88. The van der Waals surface area contributed by atoms with E-state index in [1.807, 2.05) is 31.2 Å². The molecule has 0 unspecified atom stereocenters. The zero-order chi connectivity index (χ0) is 17.1. The van der Waals surface area contributed by atoms with Crippen LogP contribution in [0.4, 0.5) is 11.4 Å². The number of thioether (sulfide) groups is 1. The molecule has 2 amide bonds. The second-order valence-electron chi connectivity index (χ2n) is 6.13. The van der Waals surface area contributed by atoms with Gasteiger partial charge in [0.25, 0.3) is 0 Å². The quantitative estimate of drug-likeness (QED) is 0.819. The number of carbonyl (C=O) groups excluding carboxylic acids is 2. The van der Waals surface area contributed by atoms with Crippen molar-refractivity contribution in [3.05, 3.63) is 24.3 Å². The van der Waals surface area contributed by atoms with Crippen molar-refractivity contribution in [3.8, 4) is 0 Å². The maximum absolute atomic E-state index is 12.8. The fourth-order valence-corrected chi connectivity index (χ4v) is 4.26. The van der Waals surface area contributed by atoms with E-state index in [4.69, 9.17) is 12.2 Å². The Bertz CT molecular complexity index is 659. The number of fused-ring (bicyclic) bond motifs is 1. The molecule has 0 saturated carbocycles. The van der Waals surface area contributed by atoms with Gasteiger partial charge in [-0.1, -0.05) is 36.1 Å². The van der Waals surface area contributed by atoms with E-state index in [9.17, 15) is 9.59 Å². The average Bonchev–Trinajstić information content (AvgIpc) is 3.04. The van der Waals surface area contributed by atoms with Crippen molar-refractivity contribution in [3.63, 3.8) is 0 Å². The van der Waals surface area contributed by atoms with Crippen molar-refractivity contribution in [2.45, 2.75) is 32.2 Å². The molecule has 0 radical (unpaired) electrons. The smallest absolute Gasteiger partial charge is 0.237 e. The SMILES string of the molecule is C[C@@H]1CC(=O)Nc2ccccc2N1C(=O)CSC(=S)N1CCCC1. The lowest BCUT2D eigenvalue weighted by Gasteiger charge is -2.28. The number of anilines is 2. The first-order valence-electron chi connectivity index (χ1n) is 8.19. The lowest BCUT2D eigenvalue weighted by atomic mass is 10.2.